The Balaban J connectivity index is 2.35. The second kappa shape index (κ2) is 3.65. The van der Waals surface area contributed by atoms with Crippen LogP contribution in [-0.4, -0.2) is 16.5 Å². The maximum atomic E-state index is 5.87. The van der Waals surface area contributed by atoms with Crippen molar-refractivity contribution in [1.82, 2.24) is 9.97 Å². The van der Waals surface area contributed by atoms with E-state index in [-0.39, 0.29) is 5.41 Å². The number of aromatic nitrogens is 2. The molecule has 0 radical (unpaired) electrons. The Bertz CT molecular complexity index is 316. The molecule has 1 aliphatic rings. The van der Waals surface area contributed by atoms with Crippen molar-refractivity contribution >= 4 is 0 Å². The van der Waals surface area contributed by atoms with Crippen LogP contribution in [0.15, 0.2) is 12.3 Å². The van der Waals surface area contributed by atoms with Crippen LogP contribution < -0.4 is 5.73 Å². The first-order chi connectivity index (χ1) is 6.77. The molecule has 0 amide bonds. The molecule has 1 aromatic heterocycles. The minimum atomic E-state index is 0.0754. The van der Waals surface area contributed by atoms with Gasteiger partial charge in [0.1, 0.15) is 5.82 Å². The predicted molar refractivity (Wildman–Crippen MR) is 56.0 cm³/mol. The van der Waals surface area contributed by atoms with Gasteiger partial charge in [0, 0.05) is 23.9 Å². The average Bonchev–Trinajstić information content (AvgIpc) is 2.67. The summed E-state index contributed by atoms with van der Waals surface area (Å²) in [5.41, 5.74) is 6.98. The minimum Gasteiger partial charge on any atom is -0.329 e. The Hall–Kier alpha value is -0.960. The summed E-state index contributed by atoms with van der Waals surface area (Å²) < 4.78 is 0. The summed E-state index contributed by atoms with van der Waals surface area (Å²) in [7, 11) is 0. The predicted octanol–water partition coefficient (Wildman–Crippen LogP) is 1.56. The van der Waals surface area contributed by atoms with E-state index >= 15 is 0 Å². The molecular formula is C11H17N3. The van der Waals surface area contributed by atoms with Gasteiger partial charge in [0.25, 0.3) is 0 Å². The first kappa shape index (κ1) is 9.59. The number of nitrogens with zero attached hydrogens (tertiary/aromatic N) is 2. The molecule has 1 aromatic rings. The Labute approximate surface area is 84.8 Å². The summed E-state index contributed by atoms with van der Waals surface area (Å²) in [6.45, 7) is 2.68. The molecule has 2 N–H and O–H groups in total. The third kappa shape index (κ3) is 1.52. The van der Waals surface area contributed by atoms with E-state index in [1.165, 1.54) is 12.8 Å². The van der Waals surface area contributed by atoms with Crippen molar-refractivity contribution in [3.63, 3.8) is 0 Å². The first-order valence-corrected chi connectivity index (χ1v) is 5.27. The lowest BCUT2D eigenvalue weighted by molar-refractivity contribution is 0.423. The lowest BCUT2D eigenvalue weighted by Crippen LogP contribution is -2.34. The van der Waals surface area contributed by atoms with Crippen LogP contribution in [0.2, 0.25) is 0 Å². The van der Waals surface area contributed by atoms with Crippen molar-refractivity contribution in [3.05, 3.63) is 23.8 Å². The number of aryl methyl sites for hydroxylation is 1. The molecule has 0 spiro atoms. The lowest BCUT2D eigenvalue weighted by Gasteiger charge is -2.25. The summed E-state index contributed by atoms with van der Waals surface area (Å²) in [4.78, 5) is 8.88. The highest BCUT2D eigenvalue weighted by Crippen LogP contribution is 2.38. The van der Waals surface area contributed by atoms with E-state index in [1.807, 2.05) is 19.2 Å². The second-order valence-corrected chi connectivity index (χ2v) is 4.21. The smallest absolute Gasteiger partial charge is 0.135 e. The second-order valence-electron chi connectivity index (χ2n) is 4.21. The molecule has 0 saturated heterocycles. The fourth-order valence-corrected chi connectivity index (χ4v) is 2.28. The van der Waals surface area contributed by atoms with Crippen LogP contribution in [0.3, 0.4) is 0 Å². The zero-order valence-corrected chi connectivity index (χ0v) is 8.66. The zero-order chi connectivity index (χ0) is 10.0. The van der Waals surface area contributed by atoms with Gasteiger partial charge >= 0.3 is 0 Å². The molecule has 0 unspecified atom stereocenters. The van der Waals surface area contributed by atoms with Crippen LogP contribution in [0.4, 0.5) is 0 Å². The molecule has 14 heavy (non-hydrogen) atoms. The summed E-state index contributed by atoms with van der Waals surface area (Å²) in [5.74, 6) is 0.956. The van der Waals surface area contributed by atoms with Crippen molar-refractivity contribution in [2.75, 3.05) is 6.54 Å². The Morgan fingerprint density at radius 1 is 1.43 bits per heavy atom. The highest BCUT2D eigenvalue weighted by molar-refractivity contribution is 5.13. The molecule has 76 valence electrons. The van der Waals surface area contributed by atoms with Gasteiger partial charge in [-0.05, 0) is 25.8 Å². The molecule has 3 heteroatoms. The minimum absolute atomic E-state index is 0.0754. The average molecular weight is 191 g/mol. The third-order valence-electron chi connectivity index (χ3n) is 3.22. The van der Waals surface area contributed by atoms with E-state index in [4.69, 9.17) is 5.73 Å². The first-order valence-electron chi connectivity index (χ1n) is 5.27. The van der Waals surface area contributed by atoms with Crippen molar-refractivity contribution in [2.24, 2.45) is 5.73 Å². The zero-order valence-electron chi connectivity index (χ0n) is 8.66. The Morgan fingerprint density at radius 3 is 2.71 bits per heavy atom. The van der Waals surface area contributed by atoms with Gasteiger partial charge in [-0.15, -0.1) is 0 Å². The van der Waals surface area contributed by atoms with Crippen LogP contribution >= 0.6 is 0 Å². The molecule has 3 nitrogen and oxygen atoms in total. The molecule has 0 atom stereocenters. The van der Waals surface area contributed by atoms with Crippen molar-refractivity contribution in [2.45, 2.75) is 38.0 Å². The fourth-order valence-electron chi connectivity index (χ4n) is 2.28. The number of rotatable bonds is 2. The number of nitrogens with two attached hydrogens (primary N) is 1. The molecule has 1 saturated carbocycles. The van der Waals surface area contributed by atoms with E-state index in [2.05, 4.69) is 9.97 Å². The molecule has 1 aliphatic carbocycles. The van der Waals surface area contributed by atoms with E-state index in [0.717, 1.165) is 24.4 Å². The molecule has 0 bridgehead atoms. The molecule has 1 fully saturated rings. The van der Waals surface area contributed by atoms with E-state index in [0.29, 0.717) is 6.54 Å². The SMILES string of the molecule is Cc1ccnc(C2(CN)CCCC2)n1. The van der Waals surface area contributed by atoms with Gasteiger partial charge in [-0.2, -0.15) is 0 Å². The highest BCUT2D eigenvalue weighted by Gasteiger charge is 2.36. The summed E-state index contributed by atoms with van der Waals surface area (Å²) >= 11 is 0. The van der Waals surface area contributed by atoms with Crippen LogP contribution in [-0.2, 0) is 5.41 Å². The maximum absolute atomic E-state index is 5.87. The van der Waals surface area contributed by atoms with Gasteiger partial charge in [0.2, 0.25) is 0 Å². The Morgan fingerprint density at radius 2 is 2.14 bits per heavy atom. The quantitative estimate of drug-likeness (QED) is 0.771. The lowest BCUT2D eigenvalue weighted by atomic mass is 9.85. The molecule has 0 aromatic carbocycles. The summed E-state index contributed by atoms with van der Waals surface area (Å²) in [6.07, 6.45) is 6.65. The van der Waals surface area contributed by atoms with Crippen LogP contribution in [0, 0.1) is 6.92 Å². The number of hydrogen-bond acceptors (Lipinski definition) is 3. The number of hydrogen-bond donors (Lipinski definition) is 1. The molecular weight excluding hydrogens is 174 g/mol. The highest BCUT2D eigenvalue weighted by atomic mass is 14.9. The summed E-state index contributed by atoms with van der Waals surface area (Å²) in [5, 5.41) is 0. The molecule has 0 aliphatic heterocycles. The van der Waals surface area contributed by atoms with Crippen LogP contribution in [0.5, 0.6) is 0 Å². The van der Waals surface area contributed by atoms with Crippen LogP contribution in [0.25, 0.3) is 0 Å². The van der Waals surface area contributed by atoms with Gasteiger partial charge in [0.05, 0.1) is 0 Å². The molecule has 1 heterocycles. The van der Waals surface area contributed by atoms with Crippen molar-refractivity contribution in [3.8, 4) is 0 Å². The standard InChI is InChI=1S/C11H17N3/c1-9-4-7-13-10(14-9)11(8-12)5-2-3-6-11/h4,7H,2-3,5-6,8,12H2,1H3. The van der Waals surface area contributed by atoms with E-state index in [1.54, 1.807) is 0 Å². The van der Waals surface area contributed by atoms with Gasteiger partial charge in [-0.1, -0.05) is 12.8 Å². The van der Waals surface area contributed by atoms with E-state index in [9.17, 15) is 0 Å². The van der Waals surface area contributed by atoms with Crippen LogP contribution in [0.1, 0.15) is 37.2 Å². The van der Waals surface area contributed by atoms with E-state index < -0.39 is 0 Å². The van der Waals surface area contributed by atoms with Crippen molar-refractivity contribution in [1.29, 1.82) is 0 Å². The summed E-state index contributed by atoms with van der Waals surface area (Å²) in [6, 6.07) is 1.93. The van der Waals surface area contributed by atoms with Gasteiger partial charge in [-0.3, -0.25) is 0 Å². The Kier molecular flexibility index (Phi) is 2.50. The van der Waals surface area contributed by atoms with Gasteiger partial charge in [-0.25, -0.2) is 9.97 Å². The topological polar surface area (TPSA) is 51.8 Å². The largest absolute Gasteiger partial charge is 0.329 e. The monoisotopic (exact) mass is 191 g/mol. The fraction of sp³-hybridized carbons (Fsp3) is 0.636. The van der Waals surface area contributed by atoms with Gasteiger partial charge < -0.3 is 5.73 Å². The van der Waals surface area contributed by atoms with Gasteiger partial charge in [0.15, 0.2) is 0 Å². The normalized spacial score (nSPS) is 19.9. The molecule has 2 rings (SSSR count). The van der Waals surface area contributed by atoms with Crippen molar-refractivity contribution < 1.29 is 0 Å². The third-order valence-corrected chi connectivity index (χ3v) is 3.22. The maximum Gasteiger partial charge on any atom is 0.135 e.